The number of para-hydroxylation sites is 1. The molecule has 0 bridgehead atoms. The molecule has 2 heteroatoms. The second-order valence-corrected chi connectivity index (χ2v) is 14.8. The van der Waals surface area contributed by atoms with Crippen LogP contribution in [0.15, 0.2) is 225 Å². The highest BCUT2D eigenvalue weighted by Gasteiger charge is 2.21. The van der Waals surface area contributed by atoms with Crippen molar-refractivity contribution in [2.45, 2.75) is 20.3 Å². The van der Waals surface area contributed by atoms with E-state index in [0.717, 1.165) is 34.7 Å². The van der Waals surface area contributed by atoms with Gasteiger partial charge in [0.2, 0.25) is 0 Å². The summed E-state index contributed by atoms with van der Waals surface area (Å²) in [6.07, 6.45) is 17.4. The average molecular weight is 759 g/mol. The Bertz CT molecular complexity index is 3110. The molecule has 8 aromatic carbocycles. The van der Waals surface area contributed by atoms with Crippen LogP contribution in [-0.2, 0) is 6.42 Å². The molecule has 0 unspecified atom stereocenters. The normalized spacial score (nSPS) is 12.3. The standard InChI is InChI=1S/C57H46N2/c1-4-7-8-9-10-23-44-24-13-16-32-53(44)58(47-37-34-43(35-38-47)50-30-18-25-41-21-11-14-28-49(41)50)48-27-17-26-45(40-48)52-31-19-33-54-57(52)56-51-29-15-12-22-42(51)36-39-55(56)59(54)46(6-3)20-5-2/h4-22,24-40H,1,23H2,2-3H3/b8-7-,10-9-,20-5-,46-6+. The molecule has 2 nitrogen and oxygen atoms in total. The summed E-state index contributed by atoms with van der Waals surface area (Å²) >= 11 is 0. The van der Waals surface area contributed by atoms with Gasteiger partial charge in [0.1, 0.15) is 0 Å². The fourth-order valence-electron chi connectivity index (χ4n) is 8.64. The number of rotatable bonds is 11. The van der Waals surface area contributed by atoms with Gasteiger partial charge in [-0.2, -0.15) is 0 Å². The quantitative estimate of drug-likeness (QED) is 0.119. The molecule has 0 saturated heterocycles. The number of aromatic nitrogens is 1. The van der Waals surface area contributed by atoms with Crippen LogP contribution in [0.5, 0.6) is 0 Å². The first-order chi connectivity index (χ1) is 29.2. The fourth-order valence-corrected chi connectivity index (χ4v) is 8.64. The summed E-state index contributed by atoms with van der Waals surface area (Å²) in [6, 6.07) is 62.1. The van der Waals surface area contributed by atoms with Crippen LogP contribution < -0.4 is 4.90 Å². The summed E-state index contributed by atoms with van der Waals surface area (Å²) < 4.78 is 2.42. The highest BCUT2D eigenvalue weighted by molar-refractivity contribution is 6.25. The summed E-state index contributed by atoms with van der Waals surface area (Å²) in [5, 5.41) is 7.51. The van der Waals surface area contributed by atoms with Crippen LogP contribution in [0, 0.1) is 0 Å². The van der Waals surface area contributed by atoms with Crippen molar-refractivity contribution in [3.05, 3.63) is 231 Å². The Morgan fingerprint density at radius 2 is 1.25 bits per heavy atom. The largest absolute Gasteiger partial charge is 0.310 e. The van der Waals surface area contributed by atoms with E-state index in [1.165, 1.54) is 65.6 Å². The van der Waals surface area contributed by atoms with Gasteiger partial charge in [-0.15, -0.1) is 0 Å². The summed E-state index contributed by atoms with van der Waals surface area (Å²) in [4.78, 5) is 2.42. The van der Waals surface area contributed by atoms with Crippen molar-refractivity contribution in [1.29, 1.82) is 0 Å². The van der Waals surface area contributed by atoms with Crippen molar-refractivity contribution in [2.75, 3.05) is 4.90 Å². The minimum Gasteiger partial charge on any atom is -0.310 e. The third-order valence-corrected chi connectivity index (χ3v) is 11.3. The molecular weight excluding hydrogens is 713 g/mol. The highest BCUT2D eigenvalue weighted by Crippen LogP contribution is 2.44. The van der Waals surface area contributed by atoms with Crippen LogP contribution in [0.1, 0.15) is 19.4 Å². The van der Waals surface area contributed by atoms with Gasteiger partial charge < -0.3 is 9.47 Å². The highest BCUT2D eigenvalue weighted by atomic mass is 15.1. The predicted octanol–water partition coefficient (Wildman–Crippen LogP) is 16.2. The topological polar surface area (TPSA) is 8.17 Å². The molecule has 1 heterocycles. The van der Waals surface area contributed by atoms with Gasteiger partial charge in [-0.3, -0.25) is 0 Å². The van der Waals surface area contributed by atoms with Crippen molar-refractivity contribution in [2.24, 2.45) is 0 Å². The van der Waals surface area contributed by atoms with Crippen molar-refractivity contribution in [3.8, 4) is 22.3 Å². The maximum atomic E-state index is 3.82. The zero-order chi connectivity index (χ0) is 40.1. The third kappa shape index (κ3) is 7.00. The number of hydrogen-bond acceptors (Lipinski definition) is 1. The first-order valence-electron chi connectivity index (χ1n) is 20.4. The number of benzene rings is 8. The van der Waals surface area contributed by atoms with E-state index >= 15 is 0 Å². The van der Waals surface area contributed by atoms with Gasteiger partial charge in [0.25, 0.3) is 0 Å². The Labute approximate surface area is 347 Å². The van der Waals surface area contributed by atoms with Crippen LogP contribution in [-0.4, -0.2) is 4.57 Å². The van der Waals surface area contributed by atoms with E-state index in [1.54, 1.807) is 6.08 Å². The molecule has 0 aliphatic rings. The minimum atomic E-state index is 0.785. The summed E-state index contributed by atoms with van der Waals surface area (Å²) in [6.45, 7) is 8.03. The minimum absolute atomic E-state index is 0.785. The number of hydrogen-bond donors (Lipinski definition) is 0. The first-order valence-corrected chi connectivity index (χ1v) is 20.4. The zero-order valence-corrected chi connectivity index (χ0v) is 33.6. The number of anilines is 3. The number of fused-ring (bicyclic) bond motifs is 6. The van der Waals surface area contributed by atoms with Crippen LogP contribution in [0.3, 0.4) is 0 Å². The lowest BCUT2D eigenvalue weighted by Crippen LogP contribution is -2.12. The molecular formula is C57H46N2. The van der Waals surface area contributed by atoms with Gasteiger partial charge in [-0.25, -0.2) is 0 Å². The molecule has 0 atom stereocenters. The van der Waals surface area contributed by atoms with E-state index in [9.17, 15) is 0 Å². The van der Waals surface area contributed by atoms with Crippen molar-refractivity contribution >= 4 is 66.1 Å². The molecule has 0 saturated carbocycles. The second-order valence-electron chi connectivity index (χ2n) is 14.8. The van der Waals surface area contributed by atoms with Crippen LogP contribution in [0.2, 0.25) is 0 Å². The monoisotopic (exact) mass is 758 g/mol. The maximum Gasteiger partial charge on any atom is 0.0547 e. The first kappa shape index (κ1) is 37.2. The molecule has 0 N–H and O–H groups in total. The Morgan fingerprint density at radius 1 is 0.559 bits per heavy atom. The number of allylic oxidation sites excluding steroid dienone is 9. The fraction of sp³-hybridized carbons (Fsp3) is 0.0526. The molecule has 1 aromatic heterocycles. The smallest absolute Gasteiger partial charge is 0.0547 e. The van der Waals surface area contributed by atoms with E-state index in [1.807, 2.05) is 12.2 Å². The zero-order valence-electron chi connectivity index (χ0n) is 33.6. The Hall–Kier alpha value is -7.42. The van der Waals surface area contributed by atoms with Gasteiger partial charge in [0.15, 0.2) is 0 Å². The van der Waals surface area contributed by atoms with Crippen LogP contribution >= 0.6 is 0 Å². The molecule has 0 radical (unpaired) electrons. The van der Waals surface area contributed by atoms with E-state index in [4.69, 9.17) is 0 Å². The lowest BCUT2D eigenvalue weighted by atomic mass is 9.96. The average Bonchev–Trinajstić information content (AvgIpc) is 3.64. The molecule has 284 valence electrons. The molecule has 59 heavy (non-hydrogen) atoms. The molecule has 0 amide bonds. The van der Waals surface area contributed by atoms with Gasteiger partial charge in [-0.05, 0) is 118 Å². The van der Waals surface area contributed by atoms with Crippen LogP contribution in [0.25, 0.3) is 71.3 Å². The predicted molar refractivity (Wildman–Crippen MR) is 257 cm³/mol. The van der Waals surface area contributed by atoms with Crippen molar-refractivity contribution in [1.82, 2.24) is 4.57 Å². The van der Waals surface area contributed by atoms with Crippen molar-refractivity contribution < 1.29 is 0 Å². The number of nitrogens with zero attached hydrogens (tertiary/aromatic N) is 2. The molecule has 9 rings (SSSR count). The molecule has 0 aliphatic carbocycles. The van der Waals surface area contributed by atoms with E-state index in [-0.39, 0.29) is 0 Å². The Morgan fingerprint density at radius 3 is 2.07 bits per heavy atom. The second kappa shape index (κ2) is 16.6. The Balaban J connectivity index is 1.24. The lowest BCUT2D eigenvalue weighted by Gasteiger charge is -2.28. The molecule has 0 spiro atoms. The van der Waals surface area contributed by atoms with Gasteiger partial charge >= 0.3 is 0 Å². The van der Waals surface area contributed by atoms with E-state index in [0.29, 0.717) is 0 Å². The maximum absolute atomic E-state index is 3.82. The van der Waals surface area contributed by atoms with Crippen molar-refractivity contribution in [3.63, 3.8) is 0 Å². The lowest BCUT2D eigenvalue weighted by molar-refractivity contribution is 1.19. The van der Waals surface area contributed by atoms with Gasteiger partial charge in [-0.1, -0.05) is 177 Å². The van der Waals surface area contributed by atoms with Gasteiger partial charge in [0, 0.05) is 33.5 Å². The summed E-state index contributed by atoms with van der Waals surface area (Å²) in [7, 11) is 0. The Kier molecular flexibility index (Phi) is 10.5. The summed E-state index contributed by atoms with van der Waals surface area (Å²) in [5.74, 6) is 0. The van der Waals surface area contributed by atoms with Crippen LogP contribution in [0.4, 0.5) is 17.1 Å². The molecule has 0 fully saturated rings. The molecule has 9 aromatic rings. The van der Waals surface area contributed by atoms with E-state index in [2.05, 4.69) is 230 Å². The SMILES string of the molecule is C=C/C=C\C=C/Cc1ccccc1N(c1ccc(-c2cccc3ccccc23)cc1)c1cccc(-c2cccc3c2c2c4ccccc4ccc2n3C(/C=C\C)=C/C)c1. The van der Waals surface area contributed by atoms with Gasteiger partial charge in [0.05, 0.1) is 11.0 Å². The third-order valence-electron chi connectivity index (χ3n) is 11.3. The molecule has 0 aliphatic heterocycles. The van der Waals surface area contributed by atoms with E-state index < -0.39 is 0 Å². The summed E-state index contributed by atoms with van der Waals surface area (Å²) in [5.41, 5.74) is 12.9.